The van der Waals surface area contributed by atoms with Crippen molar-refractivity contribution >= 4 is 5.91 Å². The van der Waals surface area contributed by atoms with Crippen LogP contribution in [0.4, 0.5) is 0 Å². The molecule has 12 heavy (non-hydrogen) atoms. The minimum atomic E-state index is -0.599. The largest absolute Gasteiger partial charge is 0.379 e. The molecule has 0 bridgehead atoms. The number of rotatable bonds is 8. The molecule has 1 amide bonds. The van der Waals surface area contributed by atoms with Gasteiger partial charge in [-0.3, -0.25) is 10.5 Å². The topological polar surface area (TPSA) is 85.4 Å². The van der Waals surface area contributed by atoms with Crippen LogP contribution in [0.25, 0.3) is 0 Å². The minimum Gasteiger partial charge on any atom is -0.379 e. The summed E-state index contributed by atoms with van der Waals surface area (Å²) in [5.74, 6) is -0.599. The van der Waals surface area contributed by atoms with Gasteiger partial charge < -0.3 is 15.2 Å². The van der Waals surface area contributed by atoms with E-state index < -0.39 is 5.91 Å². The molecule has 0 rings (SSSR count). The Balaban J connectivity index is 2.86. The second kappa shape index (κ2) is 8.45. The molecule has 0 saturated heterocycles. The molecule has 3 N–H and O–H groups in total. The van der Waals surface area contributed by atoms with E-state index in [-0.39, 0.29) is 6.42 Å². The number of ether oxygens (including phenoxy) is 2. The first-order valence-corrected chi connectivity index (χ1v) is 3.87. The van der Waals surface area contributed by atoms with Crippen molar-refractivity contribution in [3.63, 3.8) is 0 Å². The molecule has 0 aliphatic rings. The number of amides is 1. The second-order valence-electron chi connectivity index (χ2n) is 2.19. The Morgan fingerprint density at radius 1 is 1.17 bits per heavy atom. The molecule has 5 heteroatoms. The summed E-state index contributed by atoms with van der Waals surface area (Å²) >= 11 is 0. The molecule has 0 aliphatic carbocycles. The summed E-state index contributed by atoms with van der Waals surface area (Å²) in [6.07, 6.45) is 0.150. The Hall–Kier alpha value is -0.650. The van der Waals surface area contributed by atoms with Gasteiger partial charge in [-0.1, -0.05) is 0 Å². The minimum absolute atomic E-state index is 0.150. The monoisotopic (exact) mass is 175 g/mol. The summed E-state index contributed by atoms with van der Waals surface area (Å²) in [5, 5.41) is 0. The van der Waals surface area contributed by atoms with Crippen LogP contribution in [0, 0.1) is 0 Å². The summed E-state index contributed by atoms with van der Waals surface area (Å²) in [6, 6.07) is 0. The lowest BCUT2D eigenvalue weighted by molar-refractivity contribution is -0.119. The zero-order valence-electron chi connectivity index (χ0n) is 7.04. The highest BCUT2D eigenvalue weighted by Crippen LogP contribution is 1.82. The highest BCUT2D eigenvalue weighted by Gasteiger charge is 1.94. The fraction of sp³-hybridized carbons (Fsp3) is 0.857. The molecule has 0 aromatic heterocycles. The summed E-state index contributed by atoms with van der Waals surface area (Å²) < 4.78 is 9.99. The first kappa shape index (κ1) is 11.4. The molecule has 1 radical (unpaired) electrons. The summed E-state index contributed by atoms with van der Waals surface area (Å²) in [6.45, 7) is 2.27. The maximum atomic E-state index is 10.1. The van der Waals surface area contributed by atoms with Gasteiger partial charge in [0.2, 0.25) is 5.91 Å². The number of carbonyl (C=O) groups is 1. The number of hydrogen-bond donors (Lipinski definition) is 1. The lowest BCUT2D eigenvalue weighted by Gasteiger charge is -2.02. The van der Waals surface area contributed by atoms with Crippen LogP contribution >= 0.6 is 0 Å². The summed E-state index contributed by atoms with van der Waals surface area (Å²) in [7, 11) is 0. The van der Waals surface area contributed by atoms with Crippen molar-refractivity contribution in [3.8, 4) is 0 Å². The van der Waals surface area contributed by atoms with Gasteiger partial charge in [-0.15, -0.1) is 0 Å². The van der Waals surface area contributed by atoms with Crippen LogP contribution in [0.1, 0.15) is 6.42 Å². The molecule has 0 heterocycles. The average Bonchev–Trinajstić information content (AvgIpc) is 2.02. The van der Waals surface area contributed by atoms with Crippen molar-refractivity contribution in [3.05, 3.63) is 0 Å². The van der Waals surface area contributed by atoms with Crippen molar-refractivity contribution in [1.82, 2.24) is 5.73 Å². The quantitative estimate of drug-likeness (QED) is 0.488. The average molecular weight is 175 g/mol. The van der Waals surface area contributed by atoms with Crippen molar-refractivity contribution < 1.29 is 14.3 Å². The van der Waals surface area contributed by atoms with Gasteiger partial charge in [0.25, 0.3) is 0 Å². The lowest BCUT2D eigenvalue weighted by Crippen LogP contribution is -2.13. The van der Waals surface area contributed by atoms with Crippen LogP contribution in [0.2, 0.25) is 0 Å². The summed E-state index contributed by atoms with van der Waals surface area (Å²) in [4.78, 5) is 10.1. The van der Waals surface area contributed by atoms with Crippen LogP contribution in [-0.2, 0) is 14.3 Å². The first-order chi connectivity index (χ1) is 5.77. The number of hydrogen-bond acceptors (Lipinski definition) is 4. The Labute approximate surface area is 72.0 Å². The molecular formula is C7H15N2O3. The number of carbonyl (C=O) groups excluding carboxylic acids is 1. The third-order valence-electron chi connectivity index (χ3n) is 1.11. The van der Waals surface area contributed by atoms with Crippen LogP contribution in [0.3, 0.4) is 0 Å². The van der Waals surface area contributed by atoms with E-state index in [2.05, 4.69) is 0 Å². The molecule has 0 unspecified atom stereocenters. The van der Waals surface area contributed by atoms with E-state index >= 15 is 0 Å². The van der Waals surface area contributed by atoms with Gasteiger partial charge in [0.05, 0.1) is 32.8 Å². The third-order valence-corrected chi connectivity index (χ3v) is 1.11. The molecule has 0 aromatic rings. The van der Waals surface area contributed by atoms with Crippen LogP contribution < -0.4 is 11.5 Å². The van der Waals surface area contributed by atoms with Crippen LogP contribution in [0.5, 0.6) is 0 Å². The normalized spacial score (nSPS) is 10.1. The fourth-order valence-corrected chi connectivity index (χ4v) is 0.570. The molecular weight excluding hydrogens is 160 g/mol. The zero-order valence-corrected chi connectivity index (χ0v) is 7.04. The molecule has 5 nitrogen and oxygen atoms in total. The Morgan fingerprint density at radius 3 is 2.25 bits per heavy atom. The SMILES string of the molecule is [NH]C(=O)CCOCCOCCN. The van der Waals surface area contributed by atoms with E-state index in [4.69, 9.17) is 20.9 Å². The standard InChI is InChI=1S/C7H15N2O3/c8-2-4-12-6-5-11-3-1-7(9)10/h9H,1-6,8H2. The zero-order chi connectivity index (χ0) is 9.23. The van der Waals surface area contributed by atoms with E-state index in [1.165, 1.54) is 0 Å². The lowest BCUT2D eigenvalue weighted by atomic mass is 10.4. The van der Waals surface area contributed by atoms with Gasteiger partial charge in [-0.25, -0.2) is 0 Å². The second-order valence-corrected chi connectivity index (χ2v) is 2.19. The predicted molar refractivity (Wildman–Crippen MR) is 43.4 cm³/mol. The van der Waals surface area contributed by atoms with E-state index in [9.17, 15) is 4.79 Å². The first-order valence-electron chi connectivity index (χ1n) is 3.87. The van der Waals surface area contributed by atoms with Crippen LogP contribution in [0.15, 0.2) is 0 Å². The maximum absolute atomic E-state index is 10.1. The number of nitrogens with two attached hydrogens (primary N) is 1. The molecule has 0 saturated carbocycles. The van der Waals surface area contributed by atoms with E-state index in [1.807, 2.05) is 0 Å². The van der Waals surface area contributed by atoms with Crippen molar-refractivity contribution in [2.75, 3.05) is 33.0 Å². The van der Waals surface area contributed by atoms with Crippen molar-refractivity contribution in [1.29, 1.82) is 0 Å². The third kappa shape index (κ3) is 9.35. The smallest absolute Gasteiger partial charge is 0.240 e. The molecule has 71 valence electrons. The van der Waals surface area contributed by atoms with Gasteiger partial charge in [-0.05, 0) is 0 Å². The summed E-state index contributed by atoms with van der Waals surface area (Å²) in [5.41, 5.74) is 11.7. The van der Waals surface area contributed by atoms with Gasteiger partial charge in [0.15, 0.2) is 0 Å². The highest BCUT2D eigenvalue weighted by molar-refractivity contribution is 5.72. The van der Waals surface area contributed by atoms with E-state index in [1.54, 1.807) is 0 Å². The Morgan fingerprint density at radius 2 is 1.75 bits per heavy atom. The van der Waals surface area contributed by atoms with Crippen molar-refractivity contribution in [2.45, 2.75) is 6.42 Å². The molecule has 0 fully saturated rings. The van der Waals surface area contributed by atoms with Gasteiger partial charge in [0.1, 0.15) is 0 Å². The molecule has 0 spiro atoms. The Kier molecular flexibility index (Phi) is 7.99. The predicted octanol–water partition coefficient (Wildman–Crippen LogP) is -0.822. The van der Waals surface area contributed by atoms with Gasteiger partial charge >= 0.3 is 0 Å². The van der Waals surface area contributed by atoms with Gasteiger partial charge in [-0.2, -0.15) is 0 Å². The van der Waals surface area contributed by atoms with E-state index in [0.29, 0.717) is 33.0 Å². The van der Waals surface area contributed by atoms with Crippen molar-refractivity contribution in [2.24, 2.45) is 5.73 Å². The van der Waals surface area contributed by atoms with Crippen LogP contribution in [-0.4, -0.2) is 38.9 Å². The highest BCUT2D eigenvalue weighted by atomic mass is 16.5. The fourth-order valence-electron chi connectivity index (χ4n) is 0.570. The maximum Gasteiger partial charge on any atom is 0.240 e. The Bertz CT molecular complexity index is 119. The van der Waals surface area contributed by atoms with Gasteiger partial charge in [0, 0.05) is 6.54 Å². The molecule has 0 atom stereocenters. The molecule has 0 aliphatic heterocycles. The number of nitrogens with one attached hydrogen (secondary N) is 1. The van der Waals surface area contributed by atoms with E-state index in [0.717, 1.165) is 0 Å². The molecule has 0 aromatic carbocycles.